The molecule has 1 aliphatic rings. The summed E-state index contributed by atoms with van der Waals surface area (Å²) in [5.41, 5.74) is 0.0900. The number of nitrogens with zero attached hydrogens (tertiary/aromatic N) is 1. The van der Waals surface area contributed by atoms with Crippen molar-refractivity contribution in [3.63, 3.8) is 0 Å². The normalized spacial score (nSPS) is 25.5. The predicted molar refractivity (Wildman–Crippen MR) is 87.3 cm³/mol. The van der Waals surface area contributed by atoms with E-state index in [1.165, 1.54) is 0 Å². The lowest BCUT2D eigenvalue weighted by Crippen LogP contribution is -2.64. The Hall–Kier alpha value is -0.610. The van der Waals surface area contributed by atoms with Crippen molar-refractivity contribution in [2.75, 3.05) is 19.7 Å². The molecule has 0 heterocycles. The minimum Gasteiger partial charge on any atom is -0.377 e. The Morgan fingerprint density at radius 1 is 1.29 bits per heavy atom. The molecule has 0 aliphatic heterocycles. The van der Waals surface area contributed by atoms with Crippen LogP contribution < -0.4 is 5.32 Å². The van der Waals surface area contributed by atoms with Gasteiger partial charge in [-0.05, 0) is 33.1 Å². The van der Waals surface area contributed by atoms with Crippen LogP contribution in [-0.4, -0.2) is 48.7 Å². The van der Waals surface area contributed by atoms with Gasteiger partial charge in [-0.2, -0.15) is 0 Å². The number of carbonyl (C=O) groups excluding carboxylic acids is 1. The fourth-order valence-corrected chi connectivity index (χ4v) is 2.94. The van der Waals surface area contributed by atoms with Gasteiger partial charge in [0.25, 0.3) is 0 Å². The van der Waals surface area contributed by atoms with Crippen molar-refractivity contribution in [2.24, 2.45) is 11.3 Å². The molecule has 0 saturated heterocycles. The first-order valence-corrected chi connectivity index (χ1v) is 8.40. The number of ether oxygens (including phenoxy) is 1. The molecule has 3 atom stereocenters. The molecule has 0 aromatic rings. The van der Waals surface area contributed by atoms with E-state index in [1.54, 1.807) is 0 Å². The van der Waals surface area contributed by atoms with E-state index in [9.17, 15) is 4.79 Å². The molecule has 0 aromatic carbocycles. The van der Waals surface area contributed by atoms with Crippen LogP contribution in [0.5, 0.6) is 0 Å². The number of hydrogen-bond acceptors (Lipinski definition) is 3. The third-order valence-corrected chi connectivity index (χ3v) is 4.71. The number of likely N-dealkylation sites (N-methyl/N-ethyl adjacent to an activating group) is 1. The Bertz CT molecular complexity index is 338. The first-order valence-electron chi connectivity index (χ1n) is 8.40. The summed E-state index contributed by atoms with van der Waals surface area (Å²) < 4.78 is 5.98. The van der Waals surface area contributed by atoms with Crippen molar-refractivity contribution in [3.8, 4) is 0 Å². The SMILES string of the molecule is CCN(CC)C(=O)C(C)NC1CC(OCC(C)C)C1(C)C. The van der Waals surface area contributed by atoms with Crippen LogP contribution in [0.1, 0.15) is 54.9 Å². The van der Waals surface area contributed by atoms with Crippen molar-refractivity contribution in [1.29, 1.82) is 0 Å². The second-order valence-electron chi connectivity index (χ2n) is 7.22. The van der Waals surface area contributed by atoms with Gasteiger partial charge in [-0.3, -0.25) is 4.79 Å². The number of rotatable bonds is 8. The molecule has 0 bridgehead atoms. The lowest BCUT2D eigenvalue weighted by Gasteiger charge is -2.53. The molecule has 1 N–H and O–H groups in total. The molecule has 4 heteroatoms. The van der Waals surface area contributed by atoms with Crippen molar-refractivity contribution in [3.05, 3.63) is 0 Å². The van der Waals surface area contributed by atoms with Crippen molar-refractivity contribution < 1.29 is 9.53 Å². The molecule has 1 amide bonds. The van der Waals surface area contributed by atoms with E-state index in [0.29, 0.717) is 18.1 Å². The van der Waals surface area contributed by atoms with Gasteiger partial charge in [0.1, 0.15) is 0 Å². The number of hydrogen-bond donors (Lipinski definition) is 1. The molecular weight excluding hydrogens is 264 g/mol. The zero-order valence-electron chi connectivity index (χ0n) is 14.9. The standard InChI is InChI=1S/C17H34N2O2/c1-8-19(9-2)16(20)13(5)18-14-10-15(17(14,6)7)21-11-12(3)4/h12-15,18H,8-11H2,1-7H3. The van der Waals surface area contributed by atoms with E-state index in [0.717, 1.165) is 26.1 Å². The molecule has 0 aromatic heterocycles. The molecule has 1 saturated carbocycles. The molecule has 1 rings (SSSR count). The highest BCUT2D eigenvalue weighted by Crippen LogP contribution is 2.43. The van der Waals surface area contributed by atoms with Crippen LogP contribution in [-0.2, 0) is 9.53 Å². The molecule has 0 radical (unpaired) electrons. The van der Waals surface area contributed by atoms with Crippen LogP contribution in [0, 0.1) is 11.3 Å². The van der Waals surface area contributed by atoms with Crippen LogP contribution in [0.3, 0.4) is 0 Å². The van der Waals surface area contributed by atoms with E-state index in [4.69, 9.17) is 4.74 Å². The monoisotopic (exact) mass is 298 g/mol. The van der Waals surface area contributed by atoms with Crippen LogP contribution >= 0.6 is 0 Å². The Morgan fingerprint density at radius 2 is 1.86 bits per heavy atom. The second kappa shape index (κ2) is 7.59. The summed E-state index contributed by atoms with van der Waals surface area (Å²) in [7, 11) is 0. The number of amides is 1. The molecule has 4 nitrogen and oxygen atoms in total. The molecule has 124 valence electrons. The molecule has 1 aliphatic carbocycles. The quantitative estimate of drug-likeness (QED) is 0.749. The Labute approximate surface area is 130 Å². The average Bonchev–Trinajstić information content (AvgIpc) is 2.42. The van der Waals surface area contributed by atoms with Gasteiger partial charge < -0.3 is 15.0 Å². The van der Waals surface area contributed by atoms with E-state index in [1.807, 2.05) is 25.7 Å². The minimum absolute atomic E-state index is 0.0900. The van der Waals surface area contributed by atoms with Gasteiger partial charge in [-0.25, -0.2) is 0 Å². The Balaban J connectivity index is 2.48. The van der Waals surface area contributed by atoms with E-state index < -0.39 is 0 Å². The van der Waals surface area contributed by atoms with Gasteiger partial charge in [0.15, 0.2) is 0 Å². The average molecular weight is 298 g/mol. The first-order chi connectivity index (χ1) is 9.73. The Morgan fingerprint density at radius 3 is 2.29 bits per heavy atom. The second-order valence-corrected chi connectivity index (χ2v) is 7.22. The highest BCUT2D eigenvalue weighted by molar-refractivity contribution is 5.81. The van der Waals surface area contributed by atoms with Crippen LogP contribution in [0.25, 0.3) is 0 Å². The third kappa shape index (κ3) is 4.43. The lowest BCUT2D eigenvalue weighted by atomic mass is 9.64. The molecular formula is C17H34N2O2. The predicted octanol–water partition coefficient (Wildman–Crippen LogP) is 2.67. The van der Waals surface area contributed by atoms with Gasteiger partial charge in [0.2, 0.25) is 5.91 Å². The third-order valence-electron chi connectivity index (χ3n) is 4.71. The summed E-state index contributed by atoms with van der Waals surface area (Å²) in [6.45, 7) is 17.2. The molecule has 3 unspecified atom stereocenters. The Kier molecular flexibility index (Phi) is 6.67. The van der Waals surface area contributed by atoms with Crippen LogP contribution in [0.2, 0.25) is 0 Å². The summed E-state index contributed by atoms with van der Waals surface area (Å²) in [5.74, 6) is 0.762. The maximum atomic E-state index is 12.3. The molecule has 21 heavy (non-hydrogen) atoms. The summed E-state index contributed by atoms with van der Waals surface area (Å²) in [6.07, 6.45) is 1.29. The number of carbonyl (C=O) groups is 1. The highest BCUT2D eigenvalue weighted by Gasteiger charge is 2.49. The van der Waals surface area contributed by atoms with Gasteiger partial charge in [0, 0.05) is 31.2 Å². The summed E-state index contributed by atoms with van der Waals surface area (Å²) in [6, 6.07) is 0.226. The van der Waals surface area contributed by atoms with Crippen LogP contribution in [0.4, 0.5) is 0 Å². The van der Waals surface area contributed by atoms with E-state index in [-0.39, 0.29) is 17.4 Å². The van der Waals surface area contributed by atoms with Crippen molar-refractivity contribution in [1.82, 2.24) is 10.2 Å². The summed E-state index contributed by atoms with van der Waals surface area (Å²) in [5, 5.41) is 3.50. The number of nitrogens with one attached hydrogen (secondary N) is 1. The summed E-state index contributed by atoms with van der Waals surface area (Å²) >= 11 is 0. The largest absolute Gasteiger partial charge is 0.377 e. The maximum Gasteiger partial charge on any atom is 0.239 e. The van der Waals surface area contributed by atoms with Crippen molar-refractivity contribution in [2.45, 2.75) is 73.1 Å². The van der Waals surface area contributed by atoms with E-state index in [2.05, 4.69) is 33.0 Å². The topological polar surface area (TPSA) is 41.6 Å². The zero-order valence-corrected chi connectivity index (χ0v) is 14.9. The van der Waals surface area contributed by atoms with Gasteiger partial charge in [-0.1, -0.05) is 27.7 Å². The van der Waals surface area contributed by atoms with Gasteiger partial charge >= 0.3 is 0 Å². The first kappa shape index (κ1) is 18.4. The van der Waals surface area contributed by atoms with E-state index >= 15 is 0 Å². The summed E-state index contributed by atoms with van der Waals surface area (Å²) in [4.78, 5) is 14.2. The van der Waals surface area contributed by atoms with Crippen molar-refractivity contribution >= 4 is 5.91 Å². The molecule has 0 spiro atoms. The fourth-order valence-electron chi connectivity index (χ4n) is 2.94. The minimum atomic E-state index is -0.125. The van der Waals surface area contributed by atoms with Crippen LogP contribution in [0.15, 0.2) is 0 Å². The van der Waals surface area contributed by atoms with Gasteiger partial charge in [0.05, 0.1) is 12.1 Å². The zero-order chi connectivity index (χ0) is 16.2. The smallest absolute Gasteiger partial charge is 0.239 e. The lowest BCUT2D eigenvalue weighted by molar-refractivity contribution is -0.140. The fraction of sp³-hybridized carbons (Fsp3) is 0.941. The highest BCUT2D eigenvalue weighted by atomic mass is 16.5. The maximum absolute atomic E-state index is 12.3. The van der Waals surface area contributed by atoms with Gasteiger partial charge in [-0.15, -0.1) is 0 Å². The molecule has 1 fully saturated rings.